The maximum Gasteiger partial charge on any atom is 0.0942 e. The predicted octanol–water partition coefficient (Wildman–Crippen LogP) is 10.4. The third kappa shape index (κ3) is 3.59. The highest BCUT2D eigenvalue weighted by atomic mass is 15.2. The van der Waals surface area contributed by atoms with Gasteiger partial charge in [0.2, 0.25) is 0 Å². The third-order valence-corrected chi connectivity index (χ3v) is 8.40. The van der Waals surface area contributed by atoms with Crippen molar-refractivity contribution in [3.8, 4) is 0 Å². The average molecular weight is 528 g/mol. The van der Waals surface area contributed by atoms with Crippen LogP contribution in [0.2, 0.25) is 0 Å². The zero-order valence-electron chi connectivity index (χ0n) is 23.4. The van der Waals surface area contributed by atoms with Crippen molar-refractivity contribution in [2.45, 2.75) is 26.2 Å². The molecule has 8 rings (SSSR count). The second-order valence-electron chi connectivity index (χ2n) is 11.9. The largest absolute Gasteiger partial charge is 0.305 e. The van der Waals surface area contributed by atoms with E-state index in [9.17, 15) is 0 Å². The van der Waals surface area contributed by atoms with Gasteiger partial charge in [0.1, 0.15) is 0 Å². The molecule has 0 amide bonds. The van der Waals surface area contributed by atoms with Gasteiger partial charge in [-0.2, -0.15) is 0 Å². The van der Waals surface area contributed by atoms with Crippen LogP contribution in [-0.2, 0) is 5.41 Å². The molecule has 0 aliphatic heterocycles. The molecule has 0 fully saturated rings. The normalized spacial score (nSPS) is 12.3. The van der Waals surface area contributed by atoms with Crippen LogP contribution in [0.1, 0.15) is 26.3 Å². The number of aromatic nitrogens is 2. The molecular formula is C38H29N3. The number of benzene rings is 6. The van der Waals surface area contributed by atoms with Gasteiger partial charge < -0.3 is 4.90 Å². The summed E-state index contributed by atoms with van der Waals surface area (Å²) in [5, 5.41) is 9.92. The van der Waals surface area contributed by atoms with E-state index in [1.165, 1.54) is 37.9 Å². The van der Waals surface area contributed by atoms with Crippen molar-refractivity contribution in [3.05, 3.63) is 127 Å². The molecule has 0 saturated heterocycles. The van der Waals surface area contributed by atoms with Crippen LogP contribution < -0.4 is 4.90 Å². The number of hydrogen-bond acceptors (Lipinski definition) is 3. The number of fused-ring (bicyclic) bond motifs is 2. The number of hydrogen-bond donors (Lipinski definition) is 0. The number of anilines is 3. The van der Waals surface area contributed by atoms with E-state index in [4.69, 9.17) is 9.97 Å². The molecule has 0 saturated carbocycles. The summed E-state index contributed by atoms with van der Waals surface area (Å²) in [6, 6.07) is 39.4. The molecular weight excluding hydrogens is 498 g/mol. The number of rotatable bonds is 3. The van der Waals surface area contributed by atoms with E-state index in [-0.39, 0.29) is 5.41 Å². The van der Waals surface area contributed by atoms with E-state index in [1.54, 1.807) is 0 Å². The van der Waals surface area contributed by atoms with Gasteiger partial charge in [0.15, 0.2) is 0 Å². The minimum absolute atomic E-state index is 0.0421. The van der Waals surface area contributed by atoms with Crippen molar-refractivity contribution in [1.82, 2.24) is 9.97 Å². The Morgan fingerprint density at radius 3 is 1.59 bits per heavy atom. The van der Waals surface area contributed by atoms with Crippen molar-refractivity contribution < 1.29 is 0 Å². The second-order valence-corrected chi connectivity index (χ2v) is 11.9. The first-order chi connectivity index (χ1) is 20.0. The lowest BCUT2D eigenvalue weighted by atomic mass is 9.81. The molecule has 6 aromatic carbocycles. The highest BCUT2D eigenvalue weighted by molar-refractivity contribution is 6.26. The standard InChI is InChI=1S/C38H29N3/c1-38(2,3)30-20-16-24-15-19-29-31(21-17-25-14-18-28(30)34(24)35(25)29)41(32-12-4-8-26-10-6-22-39-36(26)32)33-13-5-9-27-11-7-23-40-37(27)33/h4-23H,1-3H3. The minimum Gasteiger partial charge on any atom is -0.305 e. The summed E-state index contributed by atoms with van der Waals surface area (Å²) in [4.78, 5) is 12.1. The summed E-state index contributed by atoms with van der Waals surface area (Å²) >= 11 is 0. The lowest BCUT2D eigenvalue weighted by Gasteiger charge is -2.29. The van der Waals surface area contributed by atoms with Gasteiger partial charge in [-0.05, 0) is 68.2 Å². The minimum atomic E-state index is 0.0421. The molecule has 196 valence electrons. The molecule has 0 atom stereocenters. The fourth-order valence-electron chi connectivity index (χ4n) is 6.56. The van der Waals surface area contributed by atoms with Gasteiger partial charge in [0.05, 0.1) is 28.1 Å². The predicted molar refractivity (Wildman–Crippen MR) is 174 cm³/mol. The topological polar surface area (TPSA) is 29.0 Å². The fourth-order valence-corrected chi connectivity index (χ4v) is 6.56. The first-order valence-electron chi connectivity index (χ1n) is 14.2. The summed E-state index contributed by atoms with van der Waals surface area (Å²) < 4.78 is 0. The van der Waals surface area contributed by atoms with Gasteiger partial charge in [-0.25, -0.2) is 0 Å². The number of para-hydroxylation sites is 2. The Labute approximate surface area is 239 Å². The van der Waals surface area contributed by atoms with Gasteiger partial charge in [0, 0.05) is 28.6 Å². The fraction of sp³-hybridized carbons (Fsp3) is 0.105. The summed E-state index contributed by atoms with van der Waals surface area (Å²) in [7, 11) is 0. The van der Waals surface area contributed by atoms with E-state index in [1.807, 2.05) is 24.5 Å². The van der Waals surface area contributed by atoms with E-state index in [2.05, 4.69) is 123 Å². The van der Waals surface area contributed by atoms with Gasteiger partial charge in [0.25, 0.3) is 0 Å². The highest BCUT2D eigenvalue weighted by Crippen LogP contribution is 2.47. The molecule has 0 N–H and O–H groups in total. The zero-order valence-corrected chi connectivity index (χ0v) is 23.4. The summed E-state index contributed by atoms with van der Waals surface area (Å²) in [5.74, 6) is 0. The quantitative estimate of drug-likeness (QED) is 0.214. The lowest BCUT2D eigenvalue weighted by molar-refractivity contribution is 0.596. The van der Waals surface area contributed by atoms with Crippen molar-refractivity contribution in [3.63, 3.8) is 0 Å². The van der Waals surface area contributed by atoms with E-state index < -0.39 is 0 Å². The van der Waals surface area contributed by atoms with Crippen molar-refractivity contribution in [2.75, 3.05) is 4.90 Å². The van der Waals surface area contributed by atoms with Crippen LogP contribution in [0.5, 0.6) is 0 Å². The SMILES string of the molecule is CC(C)(C)c1ccc2ccc3c(N(c4cccc5cccnc45)c4cccc5cccnc45)ccc4ccc1c2c43. The van der Waals surface area contributed by atoms with E-state index in [0.29, 0.717) is 0 Å². The lowest BCUT2D eigenvalue weighted by Crippen LogP contribution is -2.13. The molecule has 0 radical (unpaired) electrons. The zero-order chi connectivity index (χ0) is 27.7. The summed E-state index contributed by atoms with van der Waals surface area (Å²) in [6.45, 7) is 6.90. The molecule has 0 bridgehead atoms. The smallest absolute Gasteiger partial charge is 0.0942 e. The van der Waals surface area contributed by atoms with Crippen LogP contribution in [0, 0.1) is 0 Å². The molecule has 8 aromatic rings. The Bertz CT molecular complexity index is 2170. The van der Waals surface area contributed by atoms with Crippen LogP contribution in [-0.4, -0.2) is 9.97 Å². The van der Waals surface area contributed by atoms with Crippen molar-refractivity contribution >= 4 is 71.2 Å². The van der Waals surface area contributed by atoms with Crippen molar-refractivity contribution in [1.29, 1.82) is 0 Å². The second kappa shape index (κ2) is 8.74. The molecule has 2 heterocycles. The number of nitrogens with zero attached hydrogens (tertiary/aromatic N) is 3. The average Bonchev–Trinajstić information content (AvgIpc) is 3.00. The molecule has 2 aromatic heterocycles. The molecule has 0 aliphatic carbocycles. The van der Waals surface area contributed by atoms with Crippen molar-refractivity contribution in [2.24, 2.45) is 0 Å². The molecule has 0 spiro atoms. The van der Waals surface area contributed by atoms with Crippen LogP contribution in [0.3, 0.4) is 0 Å². The Balaban J connectivity index is 1.52. The molecule has 0 unspecified atom stereocenters. The van der Waals surface area contributed by atoms with Gasteiger partial charge in [-0.15, -0.1) is 0 Å². The Hall–Kier alpha value is -5.02. The van der Waals surface area contributed by atoms with Crippen LogP contribution in [0.25, 0.3) is 54.1 Å². The first-order valence-corrected chi connectivity index (χ1v) is 14.2. The maximum atomic E-state index is 4.87. The first kappa shape index (κ1) is 23.8. The van der Waals surface area contributed by atoms with Crippen LogP contribution >= 0.6 is 0 Å². The summed E-state index contributed by atoms with van der Waals surface area (Å²) in [6.07, 6.45) is 3.76. The molecule has 3 nitrogen and oxygen atoms in total. The van der Waals surface area contributed by atoms with Crippen LogP contribution in [0.4, 0.5) is 17.1 Å². The monoisotopic (exact) mass is 527 g/mol. The molecule has 0 aliphatic rings. The highest BCUT2D eigenvalue weighted by Gasteiger charge is 2.24. The third-order valence-electron chi connectivity index (χ3n) is 8.40. The molecule has 3 heteroatoms. The van der Waals surface area contributed by atoms with Crippen LogP contribution in [0.15, 0.2) is 122 Å². The van der Waals surface area contributed by atoms with E-state index in [0.717, 1.165) is 38.9 Å². The van der Waals surface area contributed by atoms with Gasteiger partial charge in [-0.1, -0.05) is 99.6 Å². The number of pyridine rings is 2. The Morgan fingerprint density at radius 1 is 0.463 bits per heavy atom. The summed E-state index contributed by atoms with van der Waals surface area (Å²) in [5.41, 5.74) is 6.52. The maximum absolute atomic E-state index is 4.87. The Morgan fingerprint density at radius 2 is 0.976 bits per heavy atom. The van der Waals surface area contributed by atoms with Gasteiger partial charge >= 0.3 is 0 Å². The molecule has 41 heavy (non-hydrogen) atoms. The van der Waals surface area contributed by atoms with Gasteiger partial charge in [-0.3, -0.25) is 9.97 Å². The van der Waals surface area contributed by atoms with E-state index >= 15 is 0 Å². The Kier molecular flexibility index (Phi) is 5.08.